The Morgan fingerprint density at radius 2 is 2.07 bits per heavy atom. The monoisotopic (exact) mass is 209 g/mol. The number of H-pyrrole nitrogens is 1. The molecule has 2 aromatic rings. The summed E-state index contributed by atoms with van der Waals surface area (Å²) in [6.45, 7) is 1.69. The van der Waals surface area contributed by atoms with Crippen LogP contribution in [0.2, 0.25) is 0 Å². The largest absolute Gasteiger partial charge is 0.412 e. The summed E-state index contributed by atoms with van der Waals surface area (Å²) in [6.07, 6.45) is 0. The maximum Gasteiger partial charge on any atom is 0.360 e. The van der Waals surface area contributed by atoms with Crippen molar-refractivity contribution in [2.45, 2.75) is 6.92 Å². The van der Waals surface area contributed by atoms with Gasteiger partial charge in [0, 0.05) is 12.6 Å². The van der Waals surface area contributed by atoms with Crippen LogP contribution < -0.4 is 16.1 Å². The summed E-state index contributed by atoms with van der Waals surface area (Å²) in [6, 6.07) is 1.62. The number of rotatable bonds is 1. The van der Waals surface area contributed by atoms with Gasteiger partial charge in [0.15, 0.2) is 0 Å². The van der Waals surface area contributed by atoms with Crippen LogP contribution in [-0.4, -0.2) is 21.4 Å². The fourth-order valence-electron chi connectivity index (χ4n) is 1.62. The van der Waals surface area contributed by atoms with E-state index in [9.17, 15) is 9.59 Å². The third-order valence-corrected chi connectivity index (χ3v) is 2.38. The van der Waals surface area contributed by atoms with Gasteiger partial charge in [-0.15, -0.1) is 4.73 Å². The van der Waals surface area contributed by atoms with Gasteiger partial charge in [-0.25, -0.2) is 4.79 Å². The highest BCUT2D eigenvalue weighted by atomic mass is 16.7. The molecule has 1 N–H and O–H groups in total. The molecule has 0 unspecified atom stereocenters. The summed E-state index contributed by atoms with van der Waals surface area (Å²) in [5.74, 6) is 0. The van der Waals surface area contributed by atoms with Gasteiger partial charge in [-0.2, -0.15) is 0 Å². The van der Waals surface area contributed by atoms with Gasteiger partial charge in [0.2, 0.25) is 0 Å². The molecule has 0 radical (unpaired) electrons. The number of hydrogen-bond donors (Lipinski definition) is 1. The maximum atomic E-state index is 11.6. The first-order chi connectivity index (χ1) is 7.06. The predicted molar refractivity (Wildman–Crippen MR) is 55.0 cm³/mol. The van der Waals surface area contributed by atoms with E-state index in [1.165, 1.54) is 11.7 Å². The van der Waals surface area contributed by atoms with E-state index in [0.717, 1.165) is 4.73 Å². The first-order valence-corrected chi connectivity index (χ1v) is 4.42. The molecule has 0 bridgehead atoms. The molecule has 0 fully saturated rings. The molecule has 2 heterocycles. The van der Waals surface area contributed by atoms with Crippen molar-refractivity contribution < 1.29 is 4.84 Å². The van der Waals surface area contributed by atoms with Gasteiger partial charge in [-0.1, -0.05) is 0 Å². The number of nitrogens with zero attached hydrogens (tertiary/aromatic N) is 2. The summed E-state index contributed by atoms with van der Waals surface area (Å²) in [5, 5.41) is 0. The molecule has 6 nitrogen and oxygen atoms in total. The molecular formula is C9H11N3O3. The average Bonchev–Trinajstić information content (AvgIpc) is 2.51. The van der Waals surface area contributed by atoms with Crippen molar-refractivity contribution in [1.82, 2.24) is 14.3 Å². The van der Waals surface area contributed by atoms with E-state index in [1.54, 1.807) is 20.0 Å². The van der Waals surface area contributed by atoms with Gasteiger partial charge in [-0.3, -0.25) is 14.3 Å². The zero-order valence-electron chi connectivity index (χ0n) is 8.70. The fourth-order valence-corrected chi connectivity index (χ4v) is 1.62. The standard InChI is InChI=1S/C9H11N3O3/c1-5-4-6-7(11(2)8(5)13)10-9(14)12(6)15-3/h4H,1-3H3,(H,10,14). The first-order valence-electron chi connectivity index (χ1n) is 4.42. The molecule has 2 aromatic heterocycles. The van der Waals surface area contributed by atoms with Crippen molar-refractivity contribution in [2.24, 2.45) is 7.05 Å². The van der Waals surface area contributed by atoms with E-state index in [1.807, 2.05) is 0 Å². The lowest BCUT2D eigenvalue weighted by atomic mass is 10.3. The molecule has 0 saturated heterocycles. The molecule has 0 saturated carbocycles. The van der Waals surface area contributed by atoms with Crippen LogP contribution in [0.5, 0.6) is 0 Å². The number of aryl methyl sites for hydroxylation is 2. The zero-order valence-corrected chi connectivity index (χ0v) is 8.70. The molecule has 0 aliphatic rings. The minimum absolute atomic E-state index is 0.132. The van der Waals surface area contributed by atoms with E-state index in [4.69, 9.17) is 4.84 Å². The highest BCUT2D eigenvalue weighted by Gasteiger charge is 2.11. The van der Waals surface area contributed by atoms with Crippen LogP contribution in [0.15, 0.2) is 15.7 Å². The highest BCUT2D eigenvalue weighted by molar-refractivity contribution is 5.71. The SMILES string of the molecule is COn1c(=O)[nH]c2c1cc(C)c(=O)n2C. The molecule has 2 rings (SSSR count). The molecule has 15 heavy (non-hydrogen) atoms. The topological polar surface area (TPSA) is 69.0 Å². The summed E-state index contributed by atoms with van der Waals surface area (Å²) < 4.78 is 2.50. The van der Waals surface area contributed by atoms with Gasteiger partial charge in [-0.05, 0) is 13.0 Å². The van der Waals surface area contributed by atoms with Gasteiger partial charge < -0.3 is 4.84 Å². The number of fused-ring (bicyclic) bond motifs is 1. The summed E-state index contributed by atoms with van der Waals surface area (Å²) in [7, 11) is 3.00. The minimum Gasteiger partial charge on any atom is -0.412 e. The molecule has 80 valence electrons. The van der Waals surface area contributed by atoms with Crippen LogP contribution in [0.4, 0.5) is 0 Å². The average molecular weight is 209 g/mol. The second kappa shape index (κ2) is 3.01. The van der Waals surface area contributed by atoms with Crippen molar-refractivity contribution in [1.29, 1.82) is 0 Å². The lowest BCUT2D eigenvalue weighted by molar-refractivity contribution is 0.168. The molecule has 0 aliphatic heterocycles. The fraction of sp³-hybridized carbons (Fsp3) is 0.333. The Morgan fingerprint density at radius 1 is 1.40 bits per heavy atom. The van der Waals surface area contributed by atoms with Gasteiger partial charge in [0.05, 0.1) is 0 Å². The van der Waals surface area contributed by atoms with E-state index in [2.05, 4.69) is 4.98 Å². The Labute approximate surface area is 84.7 Å². The van der Waals surface area contributed by atoms with Gasteiger partial charge in [0.25, 0.3) is 5.56 Å². The number of imidazole rings is 1. The van der Waals surface area contributed by atoms with Crippen LogP contribution in [0.1, 0.15) is 5.56 Å². The molecule has 0 spiro atoms. The maximum absolute atomic E-state index is 11.6. The lowest BCUT2D eigenvalue weighted by Crippen LogP contribution is -2.21. The van der Waals surface area contributed by atoms with Crippen LogP contribution in [0.25, 0.3) is 11.2 Å². The molecule has 6 heteroatoms. The van der Waals surface area contributed by atoms with Crippen molar-refractivity contribution in [3.63, 3.8) is 0 Å². The van der Waals surface area contributed by atoms with E-state index < -0.39 is 5.69 Å². The van der Waals surface area contributed by atoms with Gasteiger partial charge >= 0.3 is 5.69 Å². The number of hydrogen-bond acceptors (Lipinski definition) is 3. The molecule has 0 amide bonds. The van der Waals surface area contributed by atoms with Crippen LogP contribution >= 0.6 is 0 Å². The molecule has 0 aliphatic carbocycles. The van der Waals surface area contributed by atoms with Crippen LogP contribution in [0.3, 0.4) is 0 Å². The Bertz CT molecular complexity index is 632. The third kappa shape index (κ3) is 1.18. The molecule has 0 aromatic carbocycles. The van der Waals surface area contributed by atoms with Crippen LogP contribution in [0, 0.1) is 6.92 Å². The normalized spacial score (nSPS) is 10.9. The Morgan fingerprint density at radius 3 is 2.67 bits per heavy atom. The Hall–Kier alpha value is -1.98. The summed E-state index contributed by atoms with van der Waals surface area (Å²) in [5.41, 5.74) is 1.05. The second-order valence-corrected chi connectivity index (χ2v) is 3.33. The zero-order chi connectivity index (χ0) is 11.2. The van der Waals surface area contributed by atoms with Crippen molar-refractivity contribution in [3.8, 4) is 0 Å². The second-order valence-electron chi connectivity index (χ2n) is 3.33. The third-order valence-electron chi connectivity index (χ3n) is 2.38. The van der Waals surface area contributed by atoms with Crippen molar-refractivity contribution in [2.75, 3.05) is 7.11 Å². The molecular weight excluding hydrogens is 198 g/mol. The quantitative estimate of drug-likeness (QED) is 0.681. The number of nitrogens with one attached hydrogen (secondary N) is 1. The number of aromatic nitrogens is 3. The smallest absolute Gasteiger partial charge is 0.360 e. The Balaban J connectivity index is 3.05. The van der Waals surface area contributed by atoms with Crippen molar-refractivity contribution >= 4 is 11.2 Å². The summed E-state index contributed by atoms with van der Waals surface area (Å²) in [4.78, 5) is 30.5. The Kier molecular flexibility index (Phi) is 1.92. The highest BCUT2D eigenvalue weighted by Crippen LogP contribution is 2.06. The predicted octanol–water partition coefficient (Wildman–Crippen LogP) is -0.605. The first kappa shape index (κ1) is 9.57. The number of aromatic amines is 1. The van der Waals surface area contributed by atoms with E-state index in [0.29, 0.717) is 16.7 Å². The molecule has 0 atom stereocenters. The van der Waals surface area contributed by atoms with E-state index in [-0.39, 0.29) is 5.56 Å². The van der Waals surface area contributed by atoms with Gasteiger partial charge in [0.1, 0.15) is 18.3 Å². The minimum atomic E-state index is -0.395. The van der Waals surface area contributed by atoms with Crippen molar-refractivity contribution in [3.05, 3.63) is 32.5 Å². The lowest BCUT2D eigenvalue weighted by Gasteiger charge is -2.03. The summed E-state index contributed by atoms with van der Waals surface area (Å²) >= 11 is 0. The number of pyridine rings is 1. The van der Waals surface area contributed by atoms with E-state index >= 15 is 0 Å². The van der Waals surface area contributed by atoms with Crippen LogP contribution in [-0.2, 0) is 7.05 Å².